The summed E-state index contributed by atoms with van der Waals surface area (Å²) in [6.07, 6.45) is 1.30. The van der Waals surface area contributed by atoms with Crippen LogP contribution in [0.15, 0.2) is 54.6 Å². The number of nitro groups is 1. The van der Waals surface area contributed by atoms with Crippen LogP contribution >= 0.6 is 0 Å². The Balaban J connectivity index is 1.40. The number of pyridine rings is 1. The molecule has 0 atom stereocenters. The Labute approximate surface area is 180 Å². The monoisotopic (exact) mass is 419 g/mol. The molecule has 0 aliphatic carbocycles. The molecule has 1 aliphatic rings. The number of aromatic nitrogens is 1. The van der Waals surface area contributed by atoms with Crippen molar-refractivity contribution in [3.8, 4) is 0 Å². The van der Waals surface area contributed by atoms with E-state index in [0.717, 1.165) is 22.4 Å². The van der Waals surface area contributed by atoms with Crippen LogP contribution in [0.2, 0.25) is 0 Å². The molecule has 1 amide bonds. The lowest BCUT2D eigenvalue weighted by Crippen LogP contribution is -2.38. The highest BCUT2D eigenvalue weighted by Gasteiger charge is 2.28. The fourth-order valence-electron chi connectivity index (χ4n) is 3.95. The number of piperidine rings is 1. The highest BCUT2D eigenvalue weighted by molar-refractivity contribution is 5.95. The van der Waals surface area contributed by atoms with Gasteiger partial charge in [-0.25, -0.2) is 4.98 Å². The summed E-state index contributed by atoms with van der Waals surface area (Å²) in [5.74, 6) is 0.748. The van der Waals surface area contributed by atoms with Gasteiger partial charge in [-0.2, -0.15) is 0 Å². The molecule has 160 valence electrons. The molecule has 3 aromatic rings. The quantitative estimate of drug-likeness (QED) is 0.495. The highest BCUT2D eigenvalue weighted by Crippen LogP contribution is 2.31. The minimum atomic E-state index is -0.357. The Morgan fingerprint density at radius 2 is 1.87 bits per heavy atom. The van der Waals surface area contributed by atoms with Gasteiger partial charge in [0.25, 0.3) is 5.69 Å². The third-order valence-corrected chi connectivity index (χ3v) is 5.69. The zero-order valence-corrected chi connectivity index (χ0v) is 17.6. The topological polar surface area (TPSA) is 91.6 Å². The first kappa shape index (κ1) is 20.6. The third-order valence-electron chi connectivity index (χ3n) is 5.69. The van der Waals surface area contributed by atoms with E-state index >= 15 is 0 Å². The molecule has 0 radical (unpaired) electrons. The molecule has 0 saturated carbocycles. The molecular weight excluding hydrogens is 394 g/mol. The molecule has 0 spiro atoms. The van der Waals surface area contributed by atoms with Crippen LogP contribution in [0.5, 0.6) is 0 Å². The summed E-state index contributed by atoms with van der Waals surface area (Å²) < 4.78 is 0. The number of nitro benzene ring substituents is 1. The number of rotatable bonds is 5. The zero-order valence-electron chi connectivity index (χ0n) is 17.6. The largest absolute Gasteiger partial charge is 0.366 e. The first-order valence-electron chi connectivity index (χ1n) is 10.3. The summed E-state index contributed by atoms with van der Waals surface area (Å²) in [6, 6.07) is 16.4. The van der Waals surface area contributed by atoms with Crippen LogP contribution in [-0.4, -0.2) is 43.0 Å². The fraction of sp³-hybridized carbons (Fsp3) is 0.304. The van der Waals surface area contributed by atoms with E-state index in [1.54, 1.807) is 18.2 Å². The maximum Gasteiger partial charge on any atom is 0.292 e. The molecule has 31 heavy (non-hydrogen) atoms. The van der Waals surface area contributed by atoms with Crippen LogP contribution in [0.25, 0.3) is 10.9 Å². The van der Waals surface area contributed by atoms with Crippen molar-refractivity contribution < 1.29 is 9.72 Å². The molecule has 0 bridgehead atoms. The van der Waals surface area contributed by atoms with Crippen molar-refractivity contribution in [3.63, 3.8) is 0 Å². The summed E-state index contributed by atoms with van der Waals surface area (Å²) in [5.41, 5.74) is 2.35. The van der Waals surface area contributed by atoms with E-state index in [0.29, 0.717) is 31.6 Å². The molecule has 2 heterocycles. The second-order valence-corrected chi connectivity index (χ2v) is 7.97. The lowest BCUT2D eigenvalue weighted by molar-refractivity contribution is -0.384. The first-order chi connectivity index (χ1) is 14.9. The number of nitrogens with zero attached hydrogens (tertiary/aromatic N) is 4. The molecule has 1 saturated heterocycles. The lowest BCUT2D eigenvalue weighted by atomic mass is 9.95. The number of anilines is 3. The van der Waals surface area contributed by atoms with Gasteiger partial charge >= 0.3 is 0 Å². The number of hydrogen-bond acceptors (Lipinski definition) is 6. The van der Waals surface area contributed by atoms with Crippen molar-refractivity contribution in [2.75, 3.05) is 42.3 Å². The summed E-state index contributed by atoms with van der Waals surface area (Å²) >= 11 is 0. The van der Waals surface area contributed by atoms with Gasteiger partial charge in [-0.3, -0.25) is 14.9 Å². The van der Waals surface area contributed by atoms with E-state index in [9.17, 15) is 14.9 Å². The molecule has 1 aliphatic heterocycles. The number of nitrogens with one attached hydrogen (secondary N) is 1. The summed E-state index contributed by atoms with van der Waals surface area (Å²) in [4.78, 5) is 32.3. The van der Waals surface area contributed by atoms with Gasteiger partial charge in [-0.05, 0) is 49.2 Å². The van der Waals surface area contributed by atoms with Gasteiger partial charge in [0.2, 0.25) is 5.91 Å². The van der Waals surface area contributed by atoms with Crippen LogP contribution in [0.3, 0.4) is 0 Å². The van der Waals surface area contributed by atoms with E-state index in [4.69, 9.17) is 0 Å². The summed E-state index contributed by atoms with van der Waals surface area (Å²) in [5, 5.41) is 15.3. The van der Waals surface area contributed by atoms with Crippen molar-refractivity contribution in [2.45, 2.75) is 12.8 Å². The van der Waals surface area contributed by atoms with Gasteiger partial charge in [0.15, 0.2) is 0 Å². The third kappa shape index (κ3) is 4.42. The second-order valence-electron chi connectivity index (χ2n) is 7.97. The van der Waals surface area contributed by atoms with Crippen molar-refractivity contribution in [1.29, 1.82) is 0 Å². The maximum atomic E-state index is 12.8. The number of amides is 1. The standard InChI is InChI=1S/C23H25N5O3/c1-26(2)22-10-7-17-15-18(8-9-19(17)25-22)24-23(29)16-11-13-27(14-12-16)20-5-3-4-6-21(20)28(30)31/h3-10,15-16H,11-14H2,1-2H3,(H,24,29). The van der Waals surface area contributed by atoms with Crippen molar-refractivity contribution >= 4 is 39.7 Å². The Bertz CT molecular complexity index is 1120. The smallest absolute Gasteiger partial charge is 0.292 e. The van der Waals surface area contributed by atoms with E-state index in [-0.39, 0.29) is 22.4 Å². The van der Waals surface area contributed by atoms with E-state index in [2.05, 4.69) is 10.3 Å². The Kier molecular flexibility index (Phi) is 5.70. The number of fused-ring (bicyclic) bond motifs is 1. The molecule has 4 rings (SSSR count). The molecule has 1 fully saturated rings. The minimum Gasteiger partial charge on any atom is -0.366 e. The van der Waals surface area contributed by atoms with Gasteiger partial charge in [0, 0.05) is 50.2 Å². The number of benzene rings is 2. The van der Waals surface area contributed by atoms with E-state index < -0.39 is 0 Å². The molecule has 0 unspecified atom stereocenters. The summed E-state index contributed by atoms with van der Waals surface area (Å²) in [6.45, 7) is 1.22. The highest BCUT2D eigenvalue weighted by atomic mass is 16.6. The zero-order chi connectivity index (χ0) is 22.0. The van der Waals surface area contributed by atoms with Crippen LogP contribution in [0, 0.1) is 16.0 Å². The molecule has 2 aromatic carbocycles. The second kappa shape index (κ2) is 8.59. The minimum absolute atomic E-state index is 0.0144. The molecular formula is C23H25N5O3. The first-order valence-corrected chi connectivity index (χ1v) is 10.3. The predicted octanol–water partition coefficient (Wildman–Crippen LogP) is 4.06. The van der Waals surface area contributed by atoms with Crippen molar-refractivity contribution in [3.05, 3.63) is 64.7 Å². The van der Waals surface area contributed by atoms with E-state index in [1.165, 1.54) is 6.07 Å². The Hall–Kier alpha value is -3.68. The van der Waals surface area contributed by atoms with Gasteiger partial charge in [0.1, 0.15) is 11.5 Å². The van der Waals surface area contributed by atoms with Gasteiger partial charge in [-0.15, -0.1) is 0 Å². The lowest BCUT2D eigenvalue weighted by Gasteiger charge is -2.32. The fourth-order valence-corrected chi connectivity index (χ4v) is 3.95. The Morgan fingerprint density at radius 1 is 1.13 bits per heavy atom. The number of hydrogen-bond donors (Lipinski definition) is 1. The summed E-state index contributed by atoms with van der Waals surface area (Å²) in [7, 11) is 3.90. The normalized spacial score (nSPS) is 14.5. The van der Waals surface area contributed by atoms with Crippen molar-refractivity contribution in [2.24, 2.45) is 5.92 Å². The number of carbonyl (C=O) groups is 1. The maximum absolute atomic E-state index is 12.8. The van der Waals surface area contributed by atoms with Crippen LogP contribution in [-0.2, 0) is 4.79 Å². The Morgan fingerprint density at radius 3 is 2.58 bits per heavy atom. The average molecular weight is 419 g/mol. The number of carbonyl (C=O) groups excluding carboxylic acids is 1. The molecule has 1 N–H and O–H groups in total. The van der Waals surface area contributed by atoms with Gasteiger partial charge < -0.3 is 15.1 Å². The van der Waals surface area contributed by atoms with Gasteiger partial charge in [-0.1, -0.05) is 12.1 Å². The molecule has 8 heteroatoms. The van der Waals surface area contributed by atoms with E-state index in [1.807, 2.05) is 54.2 Å². The predicted molar refractivity (Wildman–Crippen MR) is 123 cm³/mol. The van der Waals surface area contributed by atoms with Crippen LogP contribution in [0.1, 0.15) is 12.8 Å². The average Bonchev–Trinajstić information content (AvgIpc) is 2.78. The molecule has 8 nitrogen and oxygen atoms in total. The van der Waals surface area contributed by atoms with Crippen molar-refractivity contribution in [1.82, 2.24) is 4.98 Å². The SMILES string of the molecule is CN(C)c1ccc2cc(NC(=O)C3CCN(c4ccccc4[N+](=O)[O-])CC3)ccc2n1. The molecule has 1 aromatic heterocycles. The number of para-hydroxylation sites is 2. The van der Waals surface area contributed by atoms with Crippen LogP contribution in [0.4, 0.5) is 22.9 Å². The van der Waals surface area contributed by atoms with Crippen LogP contribution < -0.4 is 15.1 Å². The van der Waals surface area contributed by atoms with Gasteiger partial charge in [0.05, 0.1) is 10.4 Å².